The number of hydrazone groups is 1. The lowest BCUT2D eigenvalue weighted by molar-refractivity contribution is -0.137. The summed E-state index contributed by atoms with van der Waals surface area (Å²) in [6.45, 7) is 2.31. The molecule has 0 fully saturated rings. The first-order valence-corrected chi connectivity index (χ1v) is 11.5. The maximum Gasteiger partial charge on any atom is 0.417 e. The SMILES string of the molecule is CSCCCC1(C)CN(C(=O)Nc2ccccc2)N=C1c1ccc(C(F)(F)F)c(Cl)c1. The molecule has 1 atom stereocenters. The molecule has 2 aromatic rings. The summed E-state index contributed by atoms with van der Waals surface area (Å²) in [7, 11) is 0. The summed E-state index contributed by atoms with van der Waals surface area (Å²) >= 11 is 7.67. The number of para-hydroxylation sites is 1. The van der Waals surface area contributed by atoms with E-state index in [-0.39, 0.29) is 5.02 Å². The van der Waals surface area contributed by atoms with Gasteiger partial charge in [0.15, 0.2) is 0 Å². The molecule has 9 heteroatoms. The van der Waals surface area contributed by atoms with Gasteiger partial charge >= 0.3 is 12.2 Å². The highest BCUT2D eigenvalue weighted by Gasteiger charge is 2.42. The van der Waals surface area contributed by atoms with E-state index in [4.69, 9.17) is 11.6 Å². The average molecular weight is 470 g/mol. The molecule has 0 aromatic heterocycles. The molecule has 0 aliphatic carbocycles. The summed E-state index contributed by atoms with van der Waals surface area (Å²) in [6, 6.07) is 12.2. The third-order valence-corrected chi connectivity index (χ3v) is 6.19. The number of carbonyl (C=O) groups is 1. The van der Waals surface area contributed by atoms with Crippen LogP contribution in [0.3, 0.4) is 0 Å². The van der Waals surface area contributed by atoms with Gasteiger partial charge in [0, 0.05) is 11.1 Å². The highest BCUT2D eigenvalue weighted by atomic mass is 35.5. The van der Waals surface area contributed by atoms with Gasteiger partial charge in [0.1, 0.15) is 0 Å². The van der Waals surface area contributed by atoms with E-state index in [1.165, 1.54) is 17.1 Å². The fraction of sp³-hybridized carbons (Fsp3) is 0.364. The Morgan fingerprint density at radius 2 is 1.97 bits per heavy atom. The Bertz CT molecular complexity index is 968. The van der Waals surface area contributed by atoms with Crippen LogP contribution in [0.1, 0.15) is 30.9 Å². The van der Waals surface area contributed by atoms with Gasteiger partial charge in [-0.05, 0) is 54.7 Å². The molecule has 1 aliphatic rings. The fourth-order valence-corrected chi connectivity index (χ4v) is 4.33. The van der Waals surface area contributed by atoms with Crippen LogP contribution in [0.4, 0.5) is 23.7 Å². The predicted molar refractivity (Wildman–Crippen MR) is 121 cm³/mol. The first-order chi connectivity index (χ1) is 14.6. The number of rotatable bonds is 6. The second-order valence-corrected chi connectivity index (χ2v) is 9.04. The Morgan fingerprint density at radius 1 is 1.26 bits per heavy atom. The summed E-state index contributed by atoms with van der Waals surface area (Å²) in [5, 5.41) is 8.27. The second-order valence-electron chi connectivity index (χ2n) is 7.65. The normalized spacial score (nSPS) is 18.8. The highest BCUT2D eigenvalue weighted by Crippen LogP contribution is 2.39. The number of carbonyl (C=O) groups excluding carboxylic acids is 1. The van der Waals surface area contributed by atoms with Crippen molar-refractivity contribution in [1.82, 2.24) is 5.01 Å². The number of halogens is 4. The van der Waals surface area contributed by atoms with Gasteiger partial charge < -0.3 is 5.32 Å². The molecule has 0 spiro atoms. The van der Waals surface area contributed by atoms with Crippen LogP contribution in [0.5, 0.6) is 0 Å². The molecule has 0 saturated carbocycles. The van der Waals surface area contributed by atoms with Gasteiger partial charge in [0.05, 0.1) is 22.8 Å². The minimum atomic E-state index is -4.53. The van der Waals surface area contributed by atoms with Gasteiger partial charge in [0.2, 0.25) is 0 Å². The maximum absolute atomic E-state index is 13.1. The molecule has 0 radical (unpaired) electrons. The standard InChI is InChI=1S/C22H23ClF3N3OS/c1-21(11-6-12-31-2)14-29(20(30)27-16-7-4-3-5-8-16)28-19(21)15-9-10-17(18(23)13-15)22(24,25)26/h3-5,7-10,13H,6,11-12,14H2,1-2H3,(H,27,30). The van der Waals surface area contributed by atoms with Gasteiger partial charge in [-0.15, -0.1) is 0 Å². The van der Waals surface area contributed by atoms with Crippen LogP contribution in [0.15, 0.2) is 53.6 Å². The summed E-state index contributed by atoms with van der Waals surface area (Å²) in [6.07, 6.45) is -0.892. The first kappa shape index (κ1) is 23.5. The molecule has 31 heavy (non-hydrogen) atoms. The maximum atomic E-state index is 13.1. The van der Waals surface area contributed by atoms with Gasteiger partial charge in [0.25, 0.3) is 0 Å². The van der Waals surface area contributed by atoms with Crippen LogP contribution in [0.25, 0.3) is 0 Å². The Balaban J connectivity index is 1.91. The number of hydrogen-bond donors (Lipinski definition) is 1. The van der Waals surface area contributed by atoms with Gasteiger partial charge in [-0.2, -0.15) is 30.0 Å². The number of urea groups is 1. The summed E-state index contributed by atoms with van der Waals surface area (Å²) in [4.78, 5) is 12.8. The van der Waals surface area contributed by atoms with E-state index >= 15 is 0 Å². The largest absolute Gasteiger partial charge is 0.417 e. The summed E-state index contributed by atoms with van der Waals surface area (Å²) in [5.41, 5.74) is 0.288. The fourth-order valence-electron chi connectivity index (χ4n) is 3.61. The van der Waals surface area contributed by atoms with Crippen LogP contribution >= 0.6 is 23.4 Å². The Morgan fingerprint density at radius 3 is 2.58 bits per heavy atom. The van der Waals surface area contributed by atoms with Crippen molar-refractivity contribution in [3.63, 3.8) is 0 Å². The van der Waals surface area contributed by atoms with Crippen molar-refractivity contribution in [2.75, 3.05) is 23.9 Å². The molecule has 1 heterocycles. The van der Waals surface area contributed by atoms with Crippen molar-refractivity contribution in [1.29, 1.82) is 0 Å². The van der Waals surface area contributed by atoms with Crippen LogP contribution in [-0.2, 0) is 6.18 Å². The molecule has 0 saturated heterocycles. The molecular formula is C22H23ClF3N3OS. The smallest absolute Gasteiger partial charge is 0.306 e. The van der Waals surface area contributed by atoms with Crippen LogP contribution < -0.4 is 5.32 Å². The van der Waals surface area contributed by atoms with E-state index in [0.717, 1.165) is 24.7 Å². The van der Waals surface area contributed by atoms with Crippen molar-refractivity contribution in [2.24, 2.45) is 10.5 Å². The molecule has 2 amide bonds. The van der Waals surface area contributed by atoms with Crippen LogP contribution in [-0.4, -0.2) is 35.3 Å². The van der Waals surface area contributed by atoms with Crippen molar-refractivity contribution >= 4 is 40.8 Å². The molecule has 166 valence electrons. The zero-order chi connectivity index (χ0) is 22.6. The monoisotopic (exact) mass is 469 g/mol. The molecule has 4 nitrogen and oxygen atoms in total. The van der Waals surface area contributed by atoms with E-state index in [9.17, 15) is 18.0 Å². The van der Waals surface area contributed by atoms with Crippen molar-refractivity contribution < 1.29 is 18.0 Å². The van der Waals surface area contributed by atoms with E-state index in [1.807, 2.05) is 31.4 Å². The zero-order valence-electron chi connectivity index (χ0n) is 17.2. The Hall–Kier alpha value is -2.19. The molecule has 1 aliphatic heterocycles. The lowest BCUT2D eigenvalue weighted by atomic mass is 9.78. The molecule has 1 N–H and O–H groups in total. The quantitative estimate of drug-likeness (QED) is 0.475. The van der Waals surface area contributed by atoms with Crippen LogP contribution in [0, 0.1) is 5.41 Å². The number of amides is 2. The van der Waals surface area contributed by atoms with Gasteiger partial charge in [-0.1, -0.05) is 42.8 Å². The summed E-state index contributed by atoms with van der Waals surface area (Å²) in [5.74, 6) is 0.937. The Kier molecular flexibility index (Phi) is 7.21. The molecule has 0 bridgehead atoms. The minimum Gasteiger partial charge on any atom is -0.306 e. The average Bonchev–Trinajstić information content (AvgIpc) is 3.06. The number of benzene rings is 2. The van der Waals surface area contributed by atoms with E-state index < -0.39 is 23.2 Å². The van der Waals surface area contributed by atoms with E-state index in [0.29, 0.717) is 23.5 Å². The molecule has 2 aromatic carbocycles. The van der Waals surface area contributed by atoms with E-state index in [2.05, 4.69) is 10.4 Å². The number of anilines is 1. The van der Waals surface area contributed by atoms with E-state index in [1.54, 1.807) is 23.9 Å². The third kappa shape index (κ3) is 5.54. The number of nitrogens with zero attached hydrogens (tertiary/aromatic N) is 2. The second kappa shape index (κ2) is 9.53. The Labute approximate surface area is 188 Å². The summed E-state index contributed by atoms with van der Waals surface area (Å²) < 4.78 is 39.3. The molecule has 1 unspecified atom stereocenters. The van der Waals surface area contributed by atoms with Crippen LogP contribution in [0.2, 0.25) is 5.02 Å². The molecule has 3 rings (SSSR count). The van der Waals surface area contributed by atoms with Gasteiger partial charge in [-0.3, -0.25) is 0 Å². The predicted octanol–water partition coefficient (Wildman–Crippen LogP) is 6.76. The minimum absolute atomic E-state index is 0.327. The number of thioether (sulfide) groups is 1. The van der Waals surface area contributed by atoms with Gasteiger partial charge in [-0.25, -0.2) is 9.80 Å². The number of nitrogens with one attached hydrogen (secondary N) is 1. The van der Waals surface area contributed by atoms with Crippen molar-refractivity contribution in [2.45, 2.75) is 25.9 Å². The zero-order valence-corrected chi connectivity index (χ0v) is 18.7. The lowest BCUT2D eigenvalue weighted by Gasteiger charge is -2.26. The third-order valence-electron chi connectivity index (χ3n) is 5.18. The van der Waals surface area contributed by atoms with Crippen molar-refractivity contribution in [3.05, 3.63) is 64.7 Å². The molecular weight excluding hydrogens is 447 g/mol. The lowest BCUT2D eigenvalue weighted by Crippen LogP contribution is -2.35. The highest BCUT2D eigenvalue weighted by molar-refractivity contribution is 7.98. The number of alkyl halides is 3. The topological polar surface area (TPSA) is 44.7 Å². The van der Waals surface area contributed by atoms with Crippen molar-refractivity contribution in [3.8, 4) is 0 Å². The number of hydrogen-bond acceptors (Lipinski definition) is 3. The first-order valence-electron chi connectivity index (χ1n) is 9.73.